The van der Waals surface area contributed by atoms with Crippen molar-refractivity contribution < 1.29 is 4.79 Å². The van der Waals surface area contributed by atoms with Crippen molar-refractivity contribution >= 4 is 39.9 Å². The zero-order chi connectivity index (χ0) is 15.1. The number of fused-ring (bicyclic) bond motifs is 1. The van der Waals surface area contributed by atoms with E-state index in [2.05, 4.69) is 0 Å². The van der Waals surface area contributed by atoms with Crippen molar-refractivity contribution in [3.63, 3.8) is 0 Å². The van der Waals surface area contributed by atoms with E-state index < -0.39 is 0 Å². The lowest BCUT2D eigenvalue weighted by Crippen LogP contribution is -2.14. The average Bonchev–Trinajstić information content (AvgIpc) is 2.71. The van der Waals surface area contributed by atoms with Gasteiger partial charge < -0.3 is 11.5 Å². The molecule has 3 rings (SSSR count). The van der Waals surface area contributed by atoms with E-state index in [9.17, 15) is 4.79 Å². The zero-order valence-electron chi connectivity index (χ0n) is 11.4. The highest BCUT2D eigenvalue weighted by atomic mass is 35.5. The summed E-state index contributed by atoms with van der Waals surface area (Å²) in [6, 6.07) is 12.1. The Morgan fingerprint density at radius 2 is 1.76 bits per heavy atom. The van der Waals surface area contributed by atoms with Crippen LogP contribution in [0, 0.1) is 6.92 Å². The standard InChI is InChI=1S/C16H14ClN3O/c1-9-13-8-12(18)6-7-14(13)20(15(9)19)16(21)10-2-4-11(17)5-3-10/h2-8H,18-19H2,1H3. The second-order valence-corrected chi connectivity index (χ2v) is 5.37. The van der Waals surface area contributed by atoms with Crippen LogP contribution < -0.4 is 11.5 Å². The molecule has 5 heteroatoms. The average molecular weight is 300 g/mol. The Morgan fingerprint density at radius 3 is 2.43 bits per heavy atom. The van der Waals surface area contributed by atoms with Gasteiger partial charge in [0.2, 0.25) is 0 Å². The number of anilines is 2. The van der Waals surface area contributed by atoms with Crippen molar-refractivity contribution in [2.45, 2.75) is 6.92 Å². The first-order valence-corrected chi connectivity index (χ1v) is 6.83. The number of hydrogen-bond donors (Lipinski definition) is 2. The maximum absolute atomic E-state index is 12.7. The molecule has 21 heavy (non-hydrogen) atoms. The lowest BCUT2D eigenvalue weighted by atomic mass is 10.1. The molecule has 2 aromatic carbocycles. The summed E-state index contributed by atoms with van der Waals surface area (Å²) in [6.07, 6.45) is 0. The molecule has 0 unspecified atom stereocenters. The van der Waals surface area contributed by atoms with Crippen LogP contribution in [0.3, 0.4) is 0 Å². The molecule has 0 aliphatic heterocycles. The van der Waals surface area contributed by atoms with Crippen LogP contribution in [0.5, 0.6) is 0 Å². The molecule has 0 atom stereocenters. The highest BCUT2D eigenvalue weighted by molar-refractivity contribution is 6.30. The van der Waals surface area contributed by atoms with Crippen molar-refractivity contribution in [1.82, 2.24) is 4.57 Å². The molecule has 0 saturated heterocycles. The minimum atomic E-state index is -0.188. The normalized spacial score (nSPS) is 11.0. The molecule has 1 heterocycles. The third-order valence-electron chi connectivity index (χ3n) is 3.58. The molecule has 0 spiro atoms. The molecule has 0 radical (unpaired) electrons. The van der Waals surface area contributed by atoms with E-state index in [0.717, 1.165) is 16.5 Å². The van der Waals surface area contributed by atoms with E-state index in [1.807, 2.05) is 19.1 Å². The van der Waals surface area contributed by atoms with E-state index >= 15 is 0 Å². The van der Waals surface area contributed by atoms with E-state index in [-0.39, 0.29) is 5.91 Å². The highest BCUT2D eigenvalue weighted by Crippen LogP contribution is 2.30. The molecule has 0 amide bonds. The maximum atomic E-state index is 12.7. The number of carbonyl (C=O) groups excluding carboxylic acids is 1. The maximum Gasteiger partial charge on any atom is 0.263 e. The second-order valence-electron chi connectivity index (χ2n) is 4.93. The van der Waals surface area contributed by atoms with E-state index in [4.69, 9.17) is 23.1 Å². The molecule has 106 valence electrons. The largest absolute Gasteiger partial charge is 0.399 e. The minimum Gasteiger partial charge on any atom is -0.399 e. The second kappa shape index (κ2) is 4.82. The van der Waals surface area contributed by atoms with Crippen molar-refractivity contribution in [2.75, 3.05) is 11.5 Å². The lowest BCUT2D eigenvalue weighted by molar-refractivity contribution is 0.0967. The van der Waals surface area contributed by atoms with Crippen LogP contribution in [-0.2, 0) is 0 Å². The quantitative estimate of drug-likeness (QED) is 0.676. The Kier molecular flexibility index (Phi) is 3.11. The molecule has 4 N–H and O–H groups in total. The van der Waals surface area contributed by atoms with Crippen LogP contribution in [0.4, 0.5) is 11.5 Å². The number of nitrogens with zero attached hydrogens (tertiary/aromatic N) is 1. The predicted molar refractivity (Wildman–Crippen MR) is 86.7 cm³/mol. The van der Waals surface area contributed by atoms with Gasteiger partial charge in [-0.3, -0.25) is 9.36 Å². The van der Waals surface area contributed by atoms with Gasteiger partial charge in [0.1, 0.15) is 5.82 Å². The van der Waals surface area contributed by atoms with Crippen LogP contribution in [-0.4, -0.2) is 10.5 Å². The Bertz CT molecular complexity index is 850. The molecule has 0 aliphatic carbocycles. The van der Waals surface area contributed by atoms with Gasteiger partial charge in [0.15, 0.2) is 0 Å². The van der Waals surface area contributed by atoms with Gasteiger partial charge in [0.25, 0.3) is 5.91 Å². The summed E-state index contributed by atoms with van der Waals surface area (Å²) in [4.78, 5) is 12.7. The molecule has 0 aliphatic rings. The summed E-state index contributed by atoms with van der Waals surface area (Å²) in [7, 11) is 0. The predicted octanol–water partition coefficient (Wildman–Crippen LogP) is 3.46. The van der Waals surface area contributed by atoms with Gasteiger partial charge in [-0.25, -0.2) is 0 Å². The monoisotopic (exact) mass is 299 g/mol. The van der Waals surface area contributed by atoms with Gasteiger partial charge in [-0.2, -0.15) is 0 Å². The summed E-state index contributed by atoms with van der Waals surface area (Å²) in [6.45, 7) is 1.88. The Morgan fingerprint density at radius 1 is 1.10 bits per heavy atom. The fourth-order valence-corrected chi connectivity index (χ4v) is 2.55. The number of benzene rings is 2. The summed E-state index contributed by atoms with van der Waals surface area (Å²) >= 11 is 5.85. The lowest BCUT2D eigenvalue weighted by Gasteiger charge is -2.07. The third-order valence-corrected chi connectivity index (χ3v) is 3.84. The SMILES string of the molecule is Cc1c(N)n(C(=O)c2ccc(Cl)cc2)c2ccc(N)cc12. The zero-order valence-corrected chi connectivity index (χ0v) is 12.2. The van der Waals surface area contributed by atoms with Crippen LogP contribution in [0.1, 0.15) is 15.9 Å². The Labute approximate surface area is 126 Å². The number of nitrogen functional groups attached to an aromatic ring is 2. The molecular weight excluding hydrogens is 286 g/mol. The number of rotatable bonds is 1. The van der Waals surface area contributed by atoms with Gasteiger partial charge >= 0.3 is 0 Å². The first-order chi connectivity index (χ1) is 9.99. The van der Waals surface area contributed by atoms with Crippen molar-refractivity contribution in [3.8, 4) is 0 Å². The molecule has 1 aromatic heterocycles. The third kappa shape index (κ3) is 2.14. The first-order valence-electron chi connectivity index (χ1n) is 6.45. The summed E-state index contributed by atoms with van der Waals surface area (Å²) in [5, 5.41) is 1.47. The minimum absolute atomic E-state index is 0.188. The fraction of sp³-hybridized carbons (Fsp3) is 0.0625. The topological polar surface area (TPSA) is 74.0 Å². The van der Waals surface area contributed by atoms with Gasteiger partial charge in [-0.1, -0.05) is 11.6 Å². The smallest absolute Gasteiger partial charge is 0.263 e. The van der Waals surface area contributed by atoms with E-state index in [1.165, 1.54) is 4.57 Å². The summed E-state index contributed by atoms with van der Waals surface area (Å²) in [5.74, 6) is 0.239. The Hall–Kier alpha value is -2.46. The van der Waals surface area contributed by atoms with Gasteiger partial charge in [0, 0.05) is 21.7 Å². The molecule has 4 nitrogen and oxygen atoms in total. The number of aromatic nitrogens is 1. The van der Waals surface area contributed by atoms with Crippen LogP contribution in [0.15, 0.2) is 42.5 Å². The van der Waals surface area contributed by atoms with Crippen molar-refractivity contribution in [3.05, 3.63) is 58.6 Å². The number of hydrogen-bond acceptors (Lipinski definition) is 3. The molecule has 0 bridgehead atoms. The molecule has 0 saturated carbocycles. The van der Waals surface area contributed by atoms with Gasteiger partial charge in [0.05, 0.1) is 5.52 Å². The van der Waals surface area contributed by atoms with Crippen LogP contribution in [0.2, 0.25) is 5.02 Å². The summed E-state index contributed by atoms with van der Waals surface area (Å²) in [5.41, 5.74) is 14.7. The van der Waals surface area contributed by atoms with Crippen LogP contribution >= 0.6 is 11.6 Å². The number of carbonyl (C=O) groups is 1. The molecule has 3 aromatic rings. The van der Waals surface area contributed by atoms with Crippen molar-refractivity contribution in [1.29, 1.82) is 0 Å². The number of halogens is 1. The van der Waals surface area contributed by atoms with E-state index in [1.54, 1.807) is 30.3 Å². The van der Waals surface area contributed by atoms with Crippen LogP contribution in [0.25, 0.3) is 10.9 Å². The highest BCUT2D eigenvalue weighted by Gasteiger charge is 2.18. The van der Waals surface area contributed by atoms with E-state index in [0.29, 0.717) is 22.1 Å². The number of aryl methyl sites for hydroxylation is 1. The van der Waals surface area contributed by atoms with Gasteiger partial charge in [-0.15, -0.1) is 0 Å². The van der Waals surface area contributed by atoms with Gasteiger partial charge in [-0.05, 0) is 55.0 Å². The molecule has 0 fully saturated rings. The molecular formula is C16H14ClN3O. The first kappa shape index (κ1) is 13.5. The summed E-state index contributed by atoms with van der Waals surface area (Å²) < 4.78 is 1.51. The number of nitrogens with two attached hydrogens (primary N) is 2. The van der Waals surface area contributed by atoms with Crippen molar-refractivity contribution in [2.24, 2.45) is 0 Å². The Balaban J connectivity index is 2.22. The fourth-order valence-electron chi connectivity index (χ4n) is 2.42.